The van der Waals surface area contributed by atoms with Crippen molar-refractivity contribution in [3.63, 3.8) is 0 Å². The number of carboxylic acids is 1. The van der Waals surface area contributed by atoms with E-state index in [2.05, 4.69) is 4.98 Å². The minimum Gasteiger partial charge on any atom is -0.493 e. The first kappa shape index (κ1) is 22.8. The van der Waals surface area contributed by atoms with Gasteiger partial charge in [-0.3, -0.25) is 4.98 Å². The molecular weight excluding hydrogens is 390 g/mol. The van der Waals surface area contributed by atoms with Crippen LogP contribution in [-0.4, -0.2) is 56.2 Å². The van der Waals surface area contributed by atoms with Crippen molar-refractivity contribution >= 4 is 16.7 Å². The highest BCUT2D eigenvalue weighted by Gasteiger charge is 2.11. The second-order valence-corrected chi connectivity index (χ2v) is 6.10. The third kappa shape index (κ3) is 5.51. The van der Waals surface area contributed by atoms with Gasteiger partial charge in [-0.25, -0.2) is 4.79 Å². The van der Waals surface area contributed by atoms with Crippen molar-refractivity contribution in [1.82, 2.24) is 4.98 Å². The van der Waals surface area contributed by atoms with Crippen LogP contribution in [0.15, 0.2) is 42.6 Å². The monoisotopic (exact) mass is 415 g/mol. The van der Waals surface area contributed by atoms with Crippen LogP contribution >= 0.6 is 0 Å². The lowest BCUT2D eigenvalue weighted by atomic mass is 10.0. The molecule has 3 rings (SSSR count). The van der Waals surface area contributed by atoms with Crippen LogP contribution in [-0.2, 0) is 11.2 Å². The van der Waals surface area contributed by atoms with E-state index < -0.39 is 12.6 Å². The van der Waals surface area contributed by atoms with E-state index in [0.717, 1.165) is 22.0 Å². The number of hydrogen-bond donors (Lipinski definition) is 2. The van der Waals surface area contributed by atoms with E-state index >= 15 is 0 Å². The number of aliphatic carboxylic acids is 1. The number of pyridine rings is 1. The quantitative estimate of drug-likeness (QED) is 0.607. The molecule has 0 saturated carbocycles. The fourth-order valence-electron chi connectivity index (χ4n) is 2.88. The predicted molar refractivity (Wildman–Crippen MR) is 112 cm³/mol. The molecule has 2 N–H and O–H groups in total. The number of aliphatic hydroxyl groups excluding tert-OH is 1. The maximum atomic E-state index is 9.12. The highest BCUT2D eigenvalue weighted by Crippen LogP contribution is 2.34. The molecule has 8 nitrogen and oxygen atoms in total. The van der Waals surface area contributed by atoms with E-state index in [-0.39, 0.29) is 0 Å². The second-order valence-electron chi connectivity index (χ2n) is 6.10. The van der Waals surface area contributed by atoms with Crippen LogP contribution in [0.4, 0.5) is 0 Å². The molecule has 1 heterocycles. The zero-order valence-electron chi connectivity index (χ0n) is 17.3. The van der Waals surface area contributed by atoms with Gasteiger partial charge in [0.1, 0.15) is 6.61 Å². The first-order valence-corrected chi connectivity index (χ1v) is 9.00. The van der Waals surface area contributed by atoms with Gasteiger partial charge < -0.3 is 29.2 Å². The molecule has 0 bridgehead atoms. The number of methoxy groups -OCH3 is 4. The number of aromatic nitrogens is 1. The van der Waals surface area contributed by atoms with Gasteiger partial charge >= 0.3 is 5.97 Å². The molecule has 0 amide bonds. The molecule has 0 saturated heterocycles. The highest BCUT2D eigenvalue weighted by molar-refractivity contribution is 5.88. The summed E-state index contributed by atoms with van der Waals surface area (Å²) in [6.45, 7) is -0.778. The first-order valence-electron chi connectivity index (χ1n) is 9.00. The predicted octanol–water partition coefficient (Wildman–Crippen LogP) is 2.92. The first-order chi connectivity index (χ1) is 14.5. The second kappa shape index (κ2) is 10.9. The average Bonchev–Trinajstić information content (AvgIpc) is 2.78. The molecular formula is C22H25NO7. The van der Waals surface area contributed by atoms with Gasteiger partial charge in [-0.05, 0) is 41.3 Å². The summed E-state index contributed by atoms with van der Waals surface area (Å²) in [5, 5.41) is 17.1. The molecule has 3 aromatic rings. The number of hydrogen-bond acceptors (Lipinski definition) is 7. The molecule has 0 spiro atoms. The minimum atomic E-state index is -1.19. The third-order valence-electron chi connectivity index (χ3n) is 4.31. The fraction of sp³-hybridized carbons (Fsp3) is 0.273. The van der Waals surface area contributed by atoms with Gasteiger partial charge in [0.15, 0.2) is 23.0 Å². The number of nitrogens with zero attached hydrogens (tertiary/aromatic N) is 1. The number of carboxylic acid groups (broad SMARTS) is 1. The minimum absolute atomic E-state index is 0.674. The normalized spacial score (nSPS) is 10.0. The topological polar surface area (TPSA) is 107 Å². The lowest BCUT2D eigenvalue weighted by Gasteiger charge is -2.12. The van der Waals surface area contributed by atoms with Crippen molar-refractivity contribution in [1.29, 1.82) is 0 Å². The van der Waals surface area contributed by atoms with Crippen LogP contribution in [0.2, 0.25) is 0 Å². The van der Waals surface area contributed by atoms with Crippen LogP contribution in [0.25, 0.3) is 10.8 Å². The van der Waals surface area contributed by atoms with E-state index in [9.17, 15) is 0 Å². The molecule has 0 aliphatic heterocycles. The van der Waals surface area contributed by atoms with Crippen LogP contribution in [0, 0.1) is 0 Å². The molecule has 160 valence electrons. The van der Waals surface area contributed by atoms with Crippen molar-refractivity contribution < 1.29 is 34.0 Å². The molecule has 30 heavy (non-hydrogen) atoms. The van der Waals surface area contributed by atoms with Crippen molar-refractivity contribution in [3.8, 4) is 23.0 Å². The summed E-state index contributed by atoms with van der Waals surface area (Å²) in [6.07, 6.45) is 2.48. The van der Waals surface area contributed by atoms with E-state index in [1.165, 1.54) is 0 Å². The summed E-state index contributed by atoms with van der Waals surface area (Å²) in [4.78, 5) is 13.7. The Morgan fingerprint density at radius 2 is 1.43 bits per heavy atom. The van der Waals surface area contributed by atoms with Crippen LogP contribution in [0.3, 0.4) is 0 Å². The summed E-state index contributed by atoms with van der Waals surface area (Å²) in [5.74, 6) is 1.63. The molecule has 0 aliphatic carbocycles. The number of carbonyl (C=O) groups is 1. The Bertz CT molecular complexity index is 1000. The average molecular weight is 415 g/mol. The van der Waals surface area contributed by atoms with Gasteiger partial charge in [0.25, 0.3) is 0 Å². The van der Waals surface area contributed by atoms with Crippen molar-refractivity contribution in [2.24, 2.45) is 0 Å². The maximum absolute atomic E-state index is 9.12. The molecule has 1 aromatic heterocycles. The SMILES string of the molecule is COc1ccc(Cc2nccc3cc(OC)c(OC)cc23)cc1OC.O=C(O)CO. The van der Waals surface area contributed by atoms with Crippen LogP contribution in [0.1, 0.15) is 11.3 Å². The van der Waals surface area contributed by atoms with E-state index in [1.54, 1.807) is 28.4 Å². The van der Waals surface area contributed by atoms with E-state index in [4.69, 9.17) is 34.0 Å². The molecule has 8 heteroatoms. The van der Waals surface area contributed by atoms with E-state index in [0.29, 0.717) is 29.4 Å². The molecule has 0 aliphatic rings. The molecule has 2 aromatic carbocycles. The van der Waals surface area contributed by atoms with Gasteiger partial charge in [-0.2, -0.15) is 0 Å². The zero-order chi connectivity index (χ0) is 22.1. The number of rotatable bonds is 7. The summed E-state index contributed by atoms with van der Waals surface area (Å²) < 4.78 is 21.5. The van der Waals surface area contributed by atoms with Crippen molar-refractivity contribution in [2.45, 2.75) is 6.42 Å². The number of ether oxygens (including phenoxy) is 4. The Morgan fingerprint density at radius 3 is 2.00 bits per heavy atom. The summed E-state index contributed by atoms with van der Waals surface area (Å²) in [6, 6.07) is 11.8. The maximum Gasteiger partial charge on any atom is 0.329 e. The fourth-order valence-corrected chi connectivity index (χ4v) is 2.88. The Labute approximate surface area is 174 Å². The van der Waals surface area contributed by atoms with Gasteiger partial charge in [0.05, 0.1) is 34.1 Å². The third-order valence-corrected chi connectivity index (χ3v) is 4.31. The van der Waals surface area contributed by atoms with Crippen molar-refractivity contribution in [3.05, 3.63) is 53.9 Å². The van der Waals surface area contributed by atoms with E-state index in [1.807, 2.05) is 42.6 Å². The lowest BCUT2D eigenvalue weighted by molar-refractivity contribution is -0.140. The van der Waals surface area contributed by atoms with Gasteiger partial charge in [0, 0.05) is 18.0 Å². The largest absolute Gasteiger partial charge is 0.493 e. The summed E-state index contributed by atoms with van der Waals surface area (Å²) in [5.41, 5.74) is 2.05. The van der Waals surface area contributed by atoms with Gasteiger partial charge in [0.2, 0.25) is 0 Å². The standard InChI is InChI=1S/C20H21NO4.C2H4O3/c1-22-17-6-5-13(10-18(17)23-2)9-16-15-12-20(25-4)19(24-3)11-14(15)7-8-21-16;3-1-2(4)5/h5-8,10-12H,9H2,1-4H3;3H,1H2,(H,4,5). The van der Waals surface area contributed by atoms with Crippen LogP contribution in [0.5, 0.6) is 23.0 Å². The summed E-state index contributed by atoms with van der Waals surface area (Å²) >= 11 is 0. The molecule has 0 radical (unpaired) electrons. The molecule has 0 fully saturated rings. The molecule has 0 atom stereocenters. The van der Waals surface area contributed by atoms with Crippen molar-refractivity contribution in [2.75, 3.05) is 35.0 Å². The van der Waals surface area contributed by atoms with Crippen LogP contribution < -0.4 is 18.9 Å². The Kier molecular flexibility index (Phi) is 8.25. The summed E-state index contributed by atoms with van der Waals surface area (Å²) in [7, 11) is 6.53. The zero-order valence-corrected chi connectivity index (χ0v) is 17.3. The number of benzene rings is 2. The van der Waals surface area contributed by atoms with Gasteiger partial charge in [-0.1, -0.05) is 6.07 Å². The Hall–Kier alpha value is -3.52. The number of fused-ring (bicyclic) bond motifs is 1. The Morgan fingerprint density at radius 1 is 0.867 bits per heavy atom. The van der Waals surface area contributed by atoms with Gasteiger partial charge in [-0.15, -0.1) is 0 Å². The lowest BCUT2D eigenvalue weighted by Crippen LogP contribution is -1.98. The molecule has 0 unspecified atom stereocenters. The highest BCUT2D eigenvalue weighted by atomic mass is 16.5. The smallest absolute Gasteiger partial charge is 0.329 e. The number of aliphatic hydroxyl groups is 1. The Balaban J connectivity index is 0.000000575.